The second-order valence-corrected chi connectivity index (χ2v) is 6.63. The Kier molecular flexibility index (Phi) is 3.60. The van der Waals surface area contributed by atoms with Gasteiger partial charge in [-0.2, -0.15) is 0 Å². The second kappa shape index (κ2) is 5.01. The lowest BCUT2D eigenvalue weighted by molar-refractivity contribution is 0.194. The summed E-state index contributed by atoms with van der Waals surface area (Å²) in [5.74, 6) is 0.876. The van der Waals surface area contributed by atoms with Crippen LogP contribution in [0.3, 0.4) is 0 Å². The molecule has 2 rings (SSSR count). The van der Waals surface area contributed by atoms with Crippen LogP contribution >= 0.6 is 0 Å². The summed E-state index contributed by atoms with van der Waals surface area (Å²) >= 11 is 0. The van der Waals surface area contributed by atoms with Crippen molar-refractivity contribution in [2.24, 2.45) is 0 Å². The van der Waals surface area contributed by atoms with Crippen LogP contribution in [0.1, 0.15) is 12.2 Å². The zero-order valence-electron chi connectivity index (χ0n) is 10.1. The van der Waals surface area contributed by atoms with E-state index in [2.05, 4.69) is 5.32 Å². The predicted octanol–water partition coefficient (Wildman–Crippen LogP) is 0.608. The van der Waals surface area contributed by atoms with Crippen molar-refractivity contribution in [3.63, 3.8) is 0 Å². The summed E-state index contributed by atoms with van der Waals surface area (Å²) in [5, 5.41) is 2.69. The fourth-order valence-corrected chi connectivity index (χ4v) is 3.72. The van der Waals surface area contributed by atoms with E-state index in [0.717, 1.165) is 0 Å². The van der Waals surface area contributed by atoms with Crippen molar-refractivity contribution in [3.05, 3.63) is 24.2 Å². The number of furan rings is 1. The van der Waals surface area contributed by atoms with Gasteiger partial charge in [0.05, 0.1) is 24.3 Å². The van der Waals surface area contributed by atoms with E-state index in [0.29, 0.717) is 18.7 Å². The standard InChI is InChI=1S/C11H16N2O4S/c1-13(9-4-6-18(15,16)8-9)11(14)12-7-10-3-2-5-17-10/h2-3,5,9H,4,6-8H2,1H3,(H,12,14). The largest absolute Gasteiger partial charge is 0.467 e. The third-order valence-corrected chi connectivity index (χ3v) is 4.82. The minimum absolute atomic E-state index is 0.0532. The molecule has 1 aliphatic rings. The topological polar surface area (TPSA) is 79.6 Å². The van der Waals surface area contributed by atoms with E-state index in [1.807, 2.05) is 0 Å². The van der Waals surface area contributed by atoms with Crippen LogP contribution in [0.15, 0.2) is 22.8 Å². The molecule has 100 valence electrons. The fraction of sp³-hybridized carbons (Fsp3) is 0.545. The first kappa shape index (κ1) is 12.9. The molecule has 7 heteroatoms. The van der Waals surface area contributed by atoms with Crippen LogP contribution < -0.4 is 5.32 Å². The van der Waals surface area contributed by atoms with Crippen molar-refractivity contribution in [2.75, 3.05) is 18.6 Å². The van der Waals surface area contributed by atoms with Gasteiger partial charge in [-0.25, -0.2) is 13.2 Å². The molecule has 0 aromatic carbocycles. The van der Waals surface area contributed by atoms with Gasteiger partial charge < -0.3 is 14.6 Å². The molecule has 1 atom stereocenters. The number of urea groups is 1. The molecule has 1 aromatic rings. The van der Waals surface area contributed by atoms with Crippen LogP contribution in [0.2, 0.25) is 0 Å². The number of nitrogens with one attached hydrogen (secondary N) is 1. The van der Waals surface area contributed by atoms with Crippen LogP contribution in [0.5, 0.6) is 0 Å². The molecule has 1 N–H and O–H groups in total. The summed E-state index contributed by atoms with van der Waals surface area (Å²) < 4.78 is 27.8. The average molecular weight is 272 g/mol. The first-order valence-corrected chi connectivity index (χ1v) is 7.53. The van der Waals surface area contributed by atoms with Crippen molar-refractivity contribution in [1.82, 2.24) is 10.2 Å². The maximum atomic E-state index is 11.8. The van der Waals surface area contributed by atoms with E-state index in [-0.39, 0.29) is 23.6 Å². The molecule has 1 saturated heterocycles. The van der Waals surface area contributed by atoms with Gasteiger partial charge in [0.2, 0.25) is 0 Å². The minimum Gasteiger partial charge on any atom is -0.467 e. The van der Waals surface area contributed by atoms with Gasteiger partial charge in [-0.15, -0.1) is 0 Å². The molecule has 2 amide bonds. The predicted molar refractivity (Wildman–Crippen MR) is 65.8 cm³/mol. The fourth-order valence-electron chi connectivity index (χ4n) is 1.95. The number of amides is 2. The Bertz CT molecular complexity index is 509. The SMILES string of the molecule is CN(C(=O)NCc1ccco1)C1CCS(=O)(=O)C1. The van der Waals surface area contributed by atoms with E-state index in [4.69, 9.17) is 4.42 Å². The molecule has 1 fully saturated rings. The molecule has 2 heterocycles. The summed E-state index contributed by atoms with van der Waals surface area (Å²) in [6.45, 7) is 0.301. The minimum atomic E-state index is -2.97. The monoisotopic (exact) mass is 272 g/mol. The van der Waals surface area contributed by atoms with Gasteiger partial charge in [-0.1, -0.05) is 0 Å². The Morgan fingerprint density at radius 2 is 2.39 bits per heavy atom. The van der Waals surface area contributed by atoms with Crippen LogP contribution in [0.4, 0.5) is 4.79 Å². The summed E-state index contributed by atoms with van der Waals surface area (Å²) in [6, 6.07) is 3.00. The summed E-state index contributed by atoms with van der Waals surface area (Å²) in [7, 11) is -1.36. The number of hydrogen-bond donors (Lipinski definition) is 1. The van der Waals surface area contributed by atoms with Crippen LogP contribution in [0, 0.1) is 0 Å². The lowest BCUT2D eigenvalue weighted by Crippen LogP contribution is -2.43. The van der Waals surface area contributed by atoms with Gasteiger partial charge in [0.1, 0.15) is 5.76 Å². The van der Waals surface area contributed by atoms with E-state index in [9.17, 15) is 13.2 Å². The Morgan fingerprint density at radius 1 is 1.61 bits per heavy atom. The van der Waals surface area contributed by atoms with Crippen molar-refractivity contribution < 1.29 is 17.6 Å². The van der Waals surface area contributed by atoms with Gasteiger partial charge >= 0.3 is 6.03 Å². The van der Waals surface area contributed by atoms with Gasteiger partial charge in [-0.3, -0.25) is 0 Å². The molecular weight excluding hydrogens is 256 g/mol. The average Bonchev–Trinajstić information content (AvgIpc) is 2.94. The third kappa shape index (κ3) is 3.04. The lowest BCUT2D eigenvalue weighted by Gasteiger charge is -2.23. The highest BCUT2D eigenvalue weighted by molar-refractivity contribution is 7.91. The highest BCUT2D eigenvalue weighted by atomic mass is 32.2. The summed E-state index contributed by atoms with van der Waals surface area (Å²) in [5.41, 5.74) is 0. The van der Waals surface area contributed by atoms with E-state index < -0.39 is 9.84 Å². The zero-order chi connectivity index (χ0) is 13.2. The van der Waals surface area contributed by atoms with Crippen molar-refractivity contribution in [1.29, 1.82) is 0 Å². The molecule has 0 aliphatic carbocycles. The molecule has 18 heavy (non-hydrogen) atoms. The van der Waals surface area contributed by atoms with E-state index >= 15 is 0 Å². The molecule has 0 radical (unpaired) electrons. The Morgan fingerprint density at radius 3 is 2.94 bits per heavy atom. The van der Waals surface area contributed by atoms with Crippen LogP contribution in [-0.2, 0) is 16.4 Å². The number of rotatable bonds is 3. The van der Waals surface area contributed by atoms with Gasteiger partial charge in [0, 0.05) is 13.1 Å². The number of nitrogens with zero attached hydrogens (tertiary/aromatic N) is 1. The molecule has 1 aromatic heterocycles. The molecule has 1 unspecified atom stereocenters. The van der Waals surface area contributed by atoms with Crippen LogP contribution in [0.25, 0.3) is 0 Å². The Balaban J connectivity index is 1.85. The number of hydrogen-bond acceptors (Lipinski definition) is 4. The van der Waals surface area contributed by atoms with Gasteiger partial charge in [0.15, 0.2) is 9.84 Å². The Hall–Kier alpha value is -1.50. The quantitative estimate of drug-likeness (QED) is 0.874. The van der Waals surface area contributed by atoms with Crippen LogP contribution in [-0.4, -0.2) is 43.9 Å². The van der Waals surface area contributed by atoms with Crippen molar-refractivity contribution in [2.45, 2.75) is 19.0 Å². The molecular formula is C11H16N2O4S. The number of carbonyl (C=O) groups is 1. The van der Waals surface area contributed by atoms with E-state index in [1.54, 1.807) is 19.2 Å². The first-order valence-electron chi connectivity index (χ1n) is 5.71. The smallest absolute Gasteiger partial charge is 0.317 e. The number of carbonyl (C=O) groups excluding carboxylic acids is 1. The molecule has 0 bridgehead atoms. The second-order valence-electron chi connectivity index (χ2n) is 4.41. The summed E-state index contributed by atoms with van der Waals surface area (Å²) in [6.07, 6.45) is 2.04. The van der Waals surface area contributed by atoms with Crippen molar-refractivity contribution in [3.8, 4) is 0 Å². The lowest BCUT2D eigenvalue weighted by atomic mass is 10.2. The normalized spacial score (nSPS) is 21.7. The Labute approximate surface area is 106 Å². The third-order valence-electron chi connectivity index (χ3n) is 3.07. The van der Waals surface area contributed by atoms with E-state index in [1.165, 1.54) is 11.2 Å². The highest BCUT2D eigenvalue weighted by Gasteiger charge is 2.32. The molecule has 1 aliphatic heterocycles. The maximum Gasteiger partial charge on any atom is 0.317 e. The zero-order valence-corrected chi connectivity index (χ0v) is 10.9. The van der Waals surface area contributed by atoms with Gasteiger partial charge in [-0.05, 0) is 18.6 Å². The number of sulfone groups is 1. The summed E-state index contributed by atoms with van der Waals surface area (Å²) in [4.78, 5) is 13.3. The maximum absolute atomic E-state index is 11.8. The molecule has 6 nitrogen and oxygen atoms in total. The first-order chi connectivity index (χ1) is 8.48. The van der Waals surface area contributed by atoms with Crippen molar-refractivity contribution >= 4 is 15.9 Å². The van der Waals surface area contributed by atoms with Gasteiger partial charge in [0.25, 0.3) is 0 Å². The molecule has 0 saturated carbocycles. The molecule has 0 spiro atoms. The highest BCUT2D eigenvalue weighted by Crippen LogP contribution is 2.16.